The maximum absolute atomic E-state index is 6.51. The Hall–Kier alpha value is -6.62. The van der Waals surface area contributed by atoms with E-state index in [1.165, 1.54) is 58.4 Å². The van der Waals surface area contributed by atoms with E-state index < -0.39 is 0 Å². The number of fused-ring (bicyclic) bond motifs is 8. The predicted molar refractivity (Wildman–Crippen MR) is 219 cm³/mol. The van der Waals surface area contributed by atoms with Gasteiger partial charge in [0.05, 0.1) is 0 Å². The van der Waals surface area contributed by atoms with Crippen molar-refractivity contribution in [2.24, 2.45) is 0 Å². The highest BCUT2D eigenvalue weighted by molar-refractivity contribution is 7.26. The Morgan fingerprint density at radius 1 is 0.423 bits per heavy atom. The first-order valence-electron chi connectivity index (χ1n) is 17.5. The Labute approximate surface area is 303 Å². The monoisotopic (exact) mass is 680 g/mol. The molecule has 242 valence electrons. The summed E-state index contributed by atoms with van der Waals surface area (Å²) in [7, 11) is 0. The van der Waals surface area contributed by atoms with Gasteiger partial charge in [0.15, 0.2) is 5.58 Å². The molecule has 3 heterocycles. The number of benzene rings is 8. The zero-order valence-electron chi connectivity index (χ0n) is 27.9. The third-order valence-corrected chi connectivity index (χ3v) is 11.6. The first-order chi connectivity index (χ1) is 25.7. The average Bonchev–Trinajstić information content (AvgIpc) is 3.78. The van der Waals surface area contributed by atoms with Crippen molar-refractivity contribution >= 4 is 75.1 Å². The topological polar surface area (TPSA) is 38.9 Å². The largest absolute Gasteiger partial charge is 0.452 e. The van der Waals surface area contributed by atoms with Gasteiger partial charge in [0.1, 0.15) is 23.1 Å². The van der Waals surface area contributed by atoms with Crippen LogP contribution < -0.4 is 0 Å². The van der Waals surface area contributed by atoms with E-state index in [9.17, 15) is 0 Å². The van der Waals surface area contributed by atoms with E-state index in [0.29, 0.717) is 5.58 Å². The Balaban J connectivity index is 0.962. The summed E-state index contributed by atoms with van der Waals surface area (Å²) in [5.74, 6) is 0. The highest BCUT2D eigenvalue weighted by Gasteiger charge is 2.17. The van der Waals surface area contributed by atoms with E-state index in [0.717, 1.165) is 44.4 Å². The number of aromatic nitrogens is 2. The van der Waals surface area contributed by atoms with Gasteiger partial charge in [-0.1, -0.05) is 121 Å². The first kappa shape index (κ1) is 29.1. The van der Waals surface area contributed by atoms with Crippen molar-refractivity contribution in [1.82, 2.24) is 9.97 Å². The van der Waals surface area contributed by atoms with Crippen LogP contribution >= 0.6 is 11.3 Å². The van der Waals surface area contributed by atoms with E-state index >= 15 is 0 Å². The third-order valence-electron chi connectivity index (χ3n) is 10.4. The van der Waals surface area contributed by atoms with Crippen LogP contribution in [0.1, 0.15) is 0 Å². The van der Waals surface area contributed by atoms with Crippen molar-refractivity contribution in [3.8, 4) is 44.6 Å². The van der Waals surface area contributed by atoms with Gasteiger partial charge in [-0.2, -0.15) is 0 Å². The second-order valence-electron chi connectivity index (χ2n) is 13.4. The zero-order valence-corrected chi connectivity index (χ0v) is 28.7. The summed E-state index contributed by atoms with van der Waals surface area (Å²) in [5, 5.41) is 8.50. The van der Waals surface area contributed by atoms with Crippen LogP contribution in [0.25, 0.3) is 108 Å². The highest BCUT2D eigenvalue weighted by Crippen LogP contribution is 2.42. The summed E-state index contributed by atoms with van der Waals surface area (Å²) in [6.07, 6.45) is 1.65. The number of furan rings is 1. The van der Waals surface area contributed by atoms with E-state index in [1.807, 2.05) is 11.3 Å². The van der Waals surface area contributed by atoms with Gasteiger partial charge in [0.25, 0.3) is 0 Å². The molecule has 0 aliphatic carbocycles. The Morgan fingerprint density at radius 2 is 1.06 bits per heavy atom. The maximum Gasteiger partial charge on any atom is 0.180 e. The van der Waals surface area contributed by atoms with Crippen LogP contribution in [0.5, 0.6) is 0 Å². The standard InChI is InChI=1S/C48H28N2OS/c1-2-8-30-23-31(16-15-29(30)7-1)32-17-18-34-25-35(20-19-33(34)24-32)36-21-22-43-42(27-36)46-47(51-43)45(49-28-50-46)38-10-5-9-37(26-38)39-12-6-13-41-40-11-3-4-14-44(40)52-48(39)41/h1-28H. The van der Waals surface area contributed by atoms with Gasteiger partial charge >= 0.3 is 0 Å². The number of nitrogens with zero attached hydrogens (tertiary/aromatic N) is 2. The lowest BCUT2D eigenvalue weighted by Crippen LogP contribution is -1.88. The SMILES string of the molecule is c1cc(-c2ncnc3c2oc2ccc(-c4ccc5cc(-c6ccc7ccccc7c6)ccc5c4)cc23)cc(-c2cccc3c2sc2ccccc23)c1. The van der Waals surface area contributed by atoms with E-state index in [-0.39, 0.29) is 0 Å². The molecule has 52 heavy (non-hydrogen) atoms. The fraction of sp³-hybridized carbons (Fsp3) is 0. The summed E-state index contributed by atoms with van der Waals surface area (Å²) < 4.78 is 9.11. The van der Waals surface area contributed by atoms with E-state index in [1.54, 1.807) is 6.33 Å². The Kier molecular flexibility index (Phi) is 6.42. The van der Waals surface area contributed by atoms with Gasteiger partial charge in [-0.05, 0) is 97.4 Å². The van der Waals surface area contributed by atoms with Gasteiger partial charge in [-0.15, -0.1) is 11.3 Å². The molecule has 11 aromatic rings. The molecule has 4 heteroatoms. The van der Waals surface area contributed by atoms with Gasteiger partial charge in [-0.25, -0.2) is 9.97 Å². The summed E-state index contributed by atoms with van der Waals surface area (Å²) in [5.41, 5.74) is 11.2. The van der Waals surface area contributed by atoms with Crippen molar-refractivity contribution in [1.29, 1.82) is 0 Å². The van der Waals surface area contributed by atoms with Crippen molar-refractivity contribution in [2.75, 3.05) is 0 Å². The van der Waals surface area contributed by atoms with Crippen molar-refractivity contribution in [3.63, 3.8) is 0 Å². The van der Waals surface area contributed by atoms with Gasteiger partial charge < -0.3 is 4.42 Å². The van der Waals surface area contributed by atoms with Gasteiger partial charge in [0.2, 0.25) is 0 Å². The number of hydrogen-bond donors (Lipinski definition) is 0. The summed E-state index contributed by atoms with van der Waals surface area (Å²) in [6.45, 7) is 0. The minimum Gasteiger partial charge on any atom is -0.452 e. The first-order valence-corrected chi connectivity index (χ1v) is 18.3. The average molecular weight is 681 g/mol. The maximum atomic E-state index is 6.51. The van der Waals surface area contributed by atoms with Gasteiger partial charge in [0, 0.05) is 31.1 Å². The van der Waals surface area contributed by atoms with Crippen LogP contribution in [0.15, 0.2) is 175 Å². The van der Waals surface area contributed by atoms with Crippen molar-refractivity contribution in [2.45, 2.75) is 0 Å². The normalized spacial score (nSPS) is 11.8. The summed E-state index contributed by atoms with van der Waals surface area (Å²) in [4.78, 5) is 9.50. The molecule has 3 nitrogen and oxygen atoms in total. The minimum absolute atomic E-state index is 0.701. The lowest BCUT2D eigenvalue weighted by Gasteiger charge is -2.08. The lowest BCUT2D eigenvalue weighted by atomic mass is 9.96. The van der Waals surface area contributed by atoms with E-state index in [4.69, 9.17) is 14.4 Å². The summed E-state index contributed by atoms with van der Waals surface area (Å²) >= 11 is 1.85. The molecule has 0 aliphatic heterocycles. The molecule has 11 rings (SSSR count). The van der Waals surface area contributed by atoms with Crippen molar-refractivity contribution in [3.05, 3.63) is 170 Å². The fourth-order valence-corrected chi connectivity index (χ4v) is 8.98. The molecule has 0 saturated heterocycles. The molecule has 0 fully saturated rings. The second-order valence-corrected chi connectivity index (χ2v) is 14.5. The highest BCUT2D eigenvalue weighted by atomic mass is 32.1. The molecule has 0 unspecified atom stereocenters. The smallest absolute Gasteiger partial charge is 0.180 e. The predicted octanol–water partition coefficient (Wildman–Crippen LogP) is 13.7. The molecule has 3 aromatic heterocycles. The van der Waals surface area contributed by atoms with Gasteiger partial charge in [-0.3, -0.25) is 0 Å². The van der Waals surface area contributed by atoms with Crippen LogP contribution in [-0.4, -0.2) is 9.97 Å². The molecule has 0 bridgehead atoms. The number of hydrogen-bond acceptors (Lipinski definition) is 4. The third kappa shape index (κ3) is 4.65. The van der Waals surface area contributed by atoms with Crippen LogP contribution in [0.3, 0.4) is 0 Å². The number of thiophene rings is 1. The molecule has 0 amide bonds. The molecular formula is C48H28N2OS. The van der Waals surface area contributed by atoms with Crippen LogP contribution in [0.2, 0.25) is 0 Å². The zero-order chi connectivity index (χ0) is 34.2. The molecule has 0 radical (unpaired) electrons. The Bertz CT molecular complexity index is 3210. The molecule has 0 saturated carbocycles. The lowest BCUT2D eigenvalue weighted by molar-refractivity contribution is 0.667. The minimum atomic E-state index is 0.701. The fourth-order valence-electron chi connectivity index (χ4n) is 7.74. The van der Waals surface area contributed by atoms with Crippen LogP contribution in [0.4, 0.5) is 0 Å². The molecule has 0 spiro atoms. The van der Waals surface area contributed by atoms with Crippen molar-refractivity contribution < 1.29 is 4.42 Å². The molecule has 8 aromatic carbocycles. The molecule has 0 N–H and O–H groups in total. The number of rotatable bonds is 4. The van der Waals surface area contributed by atoms with Crippen LogP contribution in [-0.2, 0) is 0 Å². The summed E-state index contributed by atoms with van der Waals surface area (Å²) in [6, 6.07) is 58.9. The Morgan fingerprint density at radius 3 is 1.88 bits per heavy atom. The molecule has 0 aliphatic rings. The molecule has 0 atom stereocenters. The van der Waals surface area contributed by atoms with E-state index in [2.05, 4.69) is 164 Å². The second kappa shape index (κ2) is 11.5. The van der Waals surface area contributed by atoms with Crippen LogP contribution in [0, 0.1) is 0 Å². The quantitative estimate of drug-likeness (QED) is 0.186. The molecular weight excluding hydrogens is 653 g/mol.